The quantitative estimate of drug-likeness (QED) is 0.626. The minimum Gasteiger partial charge on any atom is -0.497 e. The summed E-state index contributed by atoms with van der Waals surface area (Å²) in [7, 11) is 3.30. The predicted octanol–water partition coefficient (Wildman–Crippen LogP) is 4.13. The van der Waals surface area contributed by atoms with Crippen LogP contribution in [0.25, 0.3) is 0 Å². The van der Waals surface area contributed by atoms with Crippen molar-refractivity contribution in [3.63, 3.8) is 0 Å². The summed E-state index contributed by atoms with van der Waals surface area (Å²) < 4.78 is 10.9. The monoisotopic (exact) mass is 425 g/mol. The van der Waals surface area contributed by atoms with Crippen LogP contribution in [0.2, 0.25) is 0 Å². The topological polar surface area (TPSA) is 65.8 Å². The second-order valence-electron chi connectivity index (χ2n) is 9.25. The molecule has 3 fully saturated rings. The zero-order chi connectivity index (χ0) is 21.8. The van der Waals surface area contributed by atoms with E-state index < -0.39 is 0 Å². The third-order valence-electron chi connectivity index (χ3n) is 7.36. The maximum absolute atomic E-state index is 13.8. The fourth-order valence-electron chi connectivity index (χ4n) is 5.60. The first-order chi connectivity index (χ1) is 15.2. The fourth-order valence-corrected chi connectivity index (χ4v) is 5.60. The number of hydrogen-bond donors (Lipinski definition) is 0. The van der Waals surface area contributed by atoms with Crippen LogP contribution in [0.3, 0.4) is 0 Å². The molecule has 1 saturated heterocycles. The lowest BCUT2D eigenvalue weighted by Crippen LogP contribution is -2.56. The highest BCUT2D eigenvalue weighted by molar-refractivity contribution is 5.83. The number of nitriles is 1. The SMILES string of the molecule is COc1ccc(CN(C2CC2)[C@H](CC#N)C(=O)N2CCC[C@H]3CCCC[C@@H]32)c(OC)c1. The van der Waals surface area contributed by atoms with Crippen molar-refractivity contribution in [3.05, 3.63) is 23.8 Å². The van der Waals surface area contributed by atoms with Gasteiger partial charge in [0, 0.05) is 36.8 Å². The standard InChI is InChI=1S/C25H35N3O3/c1-30-21-12-9-19(24(16-21)31-2)17-28(20-10-11-20)23(13-14-26)25(29)27-15-5-7-18-6-3-4-8-22(18)27/h9,12,16,18,20,22-23H,3-8,10-11,13,15,17H2,1-2H3/t18-,22+,23-/m1/s1. The van der Waals surface area contributed by atoms with Crippen LogP contribution < -0.4 is 9.47 Å². The van der Waals surface area contributed by atoms with Gasteiger partial charge < -0.3 is 14.4 Å². The van der Waals surface area contributed by atoms with Crippen LogP contribution in [0.15, 0.2) is 18.2 Å². The second-order valence-corrected chi connectivity index (χ2v) is 9.25. The predicted molar refractivity (Wildman–Crippen MR) is 119 cm³/mol. The summed E-state index contributed by atoms with van der Waals surface area (Å²) in [6.45, 7) is 1.45. The Morgan fingerprint density at radius 1 is 1.16 bits per heavy atom. The van der Waals surface area contributed by atoms with E-state index in [-0.39, 0.29) is 18.4 Å². The number of hydrogen-bond acceptors (Lipinski definition) is 5. The minimum absolute atomic E-state index is 0.164. The molecule has 3 aliphatic rings. The van der Waals surface area contributed by atoms with Crippen molar-refractivity contribution in [1.82, 2.24) is 9.80 Å². The number of amides is 1. The van der Waals surface area contributed by atoms with Crippen molar-refractivity contribution in [2.45, 2.75) is 82.5 Å². The molecule has 1 heterocycles. The van der Waals surface area contributed by atoms with Gasteiger partial charge in [0.25, 0.3) is 0 Å². The van der Waals surface area contributed by atoms with Gasteiger partial charge in [-0.25, -0.2) is 0 Å². The first-order valence-corrected chi connectivity index (χ1v) is 11.8. The number of carbonyl (C=O) groups is 1. The summed E-state index contributed by atoms with van der Waals surface area (Å²) in [5.74, 6) is 2.32. The first-order valence-electron chi connectivity index (χ1n) is 11.8. The average Bonchev–Trinajstić information content (AvgIpc) is 3.66. The fraction of sp³-hybridized carbons (Fsp3) is 0.680. The molecular formula is C25H35N3O3. The number of piperidine rings is 1. The lowest BCUT2D eigenvalue weighted by molar-refractivity contribution is -0.144. The molecule has 6 nitrogen and oxygen atoms in total. The Balaban J connectivity index is 1.57. The highest BCUT2D eigenvalue weighted by atomic mass is 16.5. The van der Waals surface area contributed by atoms with Gasteiger partial charge in [-0.1, -0.05) is 18.9 Å². The lowest BCUT2D eigenvalue weighted by Gasteiger charge is -2.46. The summed E-state index contributed by atoms with van der Waals surface area (Å²) in [6.07, 6.45) is 9.59. The van der Waals surface area contributed by atoms with Crippen molar-refractivity contribution >= 4 is 5.91 Å². The van der Waals surface area contributed by atoms with E-state index in [1.807, 2.05) is 18.2 Å². The maximum Gasteiger partial charge on any atom is 0.241 e. The zero-order valence-electron chi connectivity index (χ0n) is 18.9. The summed E-state index contributed by atoms with van der Waals surface area (Å²) in [4.78, 5) is 18.3. The number of ether oxygens (including phenoxy) is 2. The summed E-state index contributed by atoms with van der Waals surface area (Å²) in [5.41, 5.74) is 1.03. The van der Waals surface area contributed by atoms with Gasteiger partial charge in [0.05, 0.1) is 26.7 Å². The van der Waals surface area contributed by atoms with Crippen LogP contribution in [0.5, 0.6) is 11.5 Å². The Bertz CT molecular complexity index is 815. The third-order valence-corrected chi connectivity index (χ3v) is 7.36. The maximum atomic E-state index is 13.8. The van der Waals surface area contributed by atoms with Crippen molar-refractivity contribution in [1.29, 1.82) is 5.26 Å². The molecule has 1 aliphatic heterocycles. The van der Waals surface area contributed by atoms with E-state index >= 15 is 0 Å². The van der Waals surface area contributed by atoms with E-state index in [0.29, 0.717) is 24.5 Å². The van der Waals surface area contributed by atoms with Gasteiger partial charge in [0.2, 0.25) is 5.91 Å². The Kier molecular flexibility index (Phi) is 7.02. The second kappa shape index (κ2) is 9.91. The third kappa shape index (κ3) is 4.82. The molecule has 4 rings (SSSR count). The molecule has 6 heteroatoms. The molecule has 0 spiro atoms. The number of likely N-dealkylation sites (tertiary alicyclic amines) is 1. The molecule has 3 atom stereocenters. The molecule has 0 radical (unpaired) electrons. The highest BCUT2D eigenvalue weighted by Crippen LogP contribution is 2.38. The van der Waals surface area contributed by atoms with Gasteiger partial charge in [0.15, 0.2) is 0 Å². The Labute approximate surface area is 186 Å². The highest BCUT2D eigenvalue weighted by Gasteiger charge is 2.43. The molecule has 0 aromatic heterocycles. The lowest BCUT2D eigenvalue weighted by atomic mass is 9.78. The Morgan fingerprint density at radius 3 is 2.65 bits per heavy atom. The van der Waals surface area contributed by atoms with Gasteiger partial charge >= 0.3 is 0 Å². The molecule has 1 aromatic carbocycles. The molecule has 1 aromatic rings. The molecule has 0 unspecified atom stereocenters. The van der Waals surface area contributed by atoms with E-state index in [1.165, 1.54) is 25.7 Å². The Hall–Kier alpha value is -2.26. The number of nitrogens with zero attached hydrogens (tertiary/aromatic N) is 3. The van der Waals surface area contributed by atoms with Crippen LogP contribution in [0.4, 0.5) is 0 Å². The van der Waals surface area contributed by atoms with Crippen molar-refractivity contribution in [2.75, 3.05) is 20.8 Å². The van der Waals surface area contributed by atoms with E-state index in [0.717, 1.165) is 49.3 Å². The van der Waals surface area contributed by atoms with E-state index in [2.05, 4.69) is 15.9 Å². The molecule has 168 valence electrons. The van der Waals surface area contributed by atoms with E-state index in [1.54, 1.807) is 14.2 Å². The van der Waals surface area contributed by atoms with E-state index in [9.17, 15) is 10.1 Å². The van der Waals surface area contributed by atoms with Crippen LogP contribution in [0.1, 0.15) is 63.4 Å². The van der Waals surface area contributed by atoms with Gasteiger partial charge in [0.1, 0.15) is 17.5 Å². The molecule has 31 heavy (non-hydrogen) atoms. The largest absolute Gasteiger partial charge is 0.497 e. The number of fused-ring (bicyclic) bond motifs is 1. The molecule has 0 N–H and O–H groups in total. The van der Waals surface area contributed by atoms with Crippen molar-refractivity contribution in [3.8, 4) is 17.6 Å². The molecule has 2 aliphatic carbocycles. The summed E-state index contributed by atoms with van der Waals surface area (Å²) >= 11 is 0. The van der Waals surface area contributed by atoms with Crippen LogP contribution >= 0.6 is 0 Å². The number of benzene rings is 1. The normalized spacial score (nSPS) is 24.3. The van der Waals surface area contributed by atoms with Gasteiger partial charge in [-0.15, -0.1) is 0 Å². The van der Waals surface area contributed by atoms with Crippen LogP contribution in [-0.2, 0) is 11.3 Å². The van der Waals surface area contributed by atoms with Crippen LogP contribution in [0, 0.1) is 17.2 Å². The molecule has 1 amide bonds. The van der Waals surface area contributed by atoms with Crippen molar-refractivity contribution < 1.29 is 14.3 Å². The average molecular weight is 426 g/mol. The number of methoxy groups -OCH3 is 2. The Morgan fingerprint density at radius 2 is 1.94 bits per heavy atom. The first kappa shape index (κ1) is 22.0. The van der Waals surface area contributed by atoms with E-state index in [4.69, 9.17) is 9.47 Å². The number of carbonyl (C=O) groups excluding carboxylic acids is 1. The summed E-state index contributed by atoms with van der Waals surface area (Å²) in [5, 5.41) is 9.61. The molecule has 0 bridgehead atoms. The van der Waals surface area contributed by atoms with Crippen LogP contribution in [-0.4, -0.2) is 54.6 Å². The summed E-state index contributed by atoms with van der Waals surface area (Å²) in [6, 6.07) is 8.49. The van der Waals surface area contributed by atoms with Gasteiger partial charge in [-0.2, -0.15) is 5.26 Å². The minimum atomic E-state index is -0.384. The van der Waals surface area contributed by atoms with Gasteiger partial charge in [-0.3, -0.25) is 9.69 Å². The smallest absolute Gasteiger partial charge is 0.241 e. The number of rotatable bonds is 8. The van der Waals surface area contributed by atoms with Gasteiger partial charge in [-0.05, 0) is 50.5 Å². The molecule has 2 saturated carbocycles. The zero-order valence-corrected chi connectivity index (χ0v) is 18.9. The van der Waals surface area contributed by atoms with Crippen molar-refractivity contribution in [2.24, 2.45) is 5.92 Å². The molecular weight excluding hydrogens is 390 g/mol.